The van der Waals surface area contributed by atoms with Crippen LogP contribution in [0.3, 0.4) is 0 Å². The van der Waals surface area contributed by atoms with Crippen LogP contribution in [0.15, 0.2) is 30.3 Å². The molecule has 0 radical (unpaired) electrons. The highest BCUT2D eigenvalue weighted by Crippen LogP contribution is 2.54. The summed E-state index contributed by atoms with van der Waals surface area (Å²) in [5, 5.41) is 10.1. The number of carbonyl (C=O) groups excluding carboxylic acids is 2. The summed E-state index contributed by atoms with van der Waals surface area (Å²) in [5.41, 5.74) is 1.71. The van der Waals surface area contributed by atoms with Crippen molar-refractivity contribution in [1.29, 1.82) is 0 Å². The Kier molecular flexibility index (Phi) is 9.53. The van der Waals surface area contributed by atoms with Crippen molar-refractivity contribution in [1.82, 2.24) is 9.80 Å². The molecule has 5 rings (SSSR count). The minimum Gasteiger partial charge on any atom is -0.391 e. The van der Waals surface area contributed by atoms with Gasteiger partial charge in [0, 0.05) is 43.4 Å². The van der Waals surface area contributed by atoms with Gasteiger partial charge in [-0.2, -0.15) is 0 Å². The number of carbonyl (C=O) groups is 2. The summed E-state index contributed by atoms with van der Waals surface area (Å²) >= 11 is 0. The first-order chi connectivity index (χ1) is 19.7. The normalized spacial score (nSPS) is 34.1. The summed E-state index contributed by atoms with van der Waals surface area (Å²) in [6.07, 6.45) is 13.7. The molecule has 228 valence electrons. The average Bonchev–Trinajstić information content (AvgIpc) is 3.29. The maximum atomic E-state index is 14.4. The van der Waals surface area contributed by atoms with Gasteiger partial charge < -0.3 is 14.9 Å². The van der Waals surface area contributed by atoms with Crippen LogP contribution in [0.1, 0.15) is 117 Å². The van der Waals surface area contributed by atoms with Crippen molar-refractivity contribution in [2.24, 2.45) is 29.6 Å². The van der Waals surface area contributed by atoms with Gasteiger partial charge in [0.15, 0.2) is 0 Å². The first-order valence-corrected chi connectivity index (χ1v) is 17.0. The standard InChI is InChI=1S/C36H56N2O3/c1-5-10-28(4)36(30-13-7-6-8-14-30)21-19-35(20-22-36)18-17-31(34(41)38(35)24-29-11-9-12-29)26(2)15-16-33(40)37-23-27(3)32(39)25-37/h6-8,13-14,26-29,31-32,39H,5,9-12,15-25H2,1-4H3/t26?,27-,28?,31?,32+,35-,36-/m0/s1. The summed E-state index contributed by atoms with van der Waals surface area (Å²) < 4.78 is 0. The molecular formula is C36H56N2O3. The summed E-state index contributed by atoms with van der Waals surface area (Å²) in [6, 6.07) is 11.2. The molecular weight excluding hydrogens is 508 g/mol. The molecule has 1 spiro atoms. The minimum absolute atomic E-state index is 0.00472. The molecule has 2 amide bonds. The number of aliphatic hydroxyl groups is 1. The highest BCUT2D eigenvalue weighted by Gasteiger charge is 2.53. The lowest BCUT2D eigenvalue weighted by Crippen LogP contribution is -2.62. The summed E-state index contributed by atoms with van der Waals surface area (Å²) in [5.74, 6) is 2.19. The fraction of sp³-hybridized carbons (Fsp3) is 0.778. The number of hydrogen-bond acceptors (Lipinski definition) is 3. The van der Waals surface area contributed by atoms with Crippen LogP contribution < -0.4 is 0 Å². The number of likely N-dealkylation sites (tertiary alicyclic amines) is 2. The Morgan fingerprint density at radius 1 is 1.00 bits per heavy atom. The van der Waals surface area contributed by atoms with Gasteiger partial charge in [0.1, 0.15) is 0 Å². The highest BCUT2D eigenvalue weighted by atomic mass is 16.3. The Hall–Kier alpha value is -1.88. The largest absolute Gasteiger partial charge is 0.391 e. The molecule has 4 aliphatic rings. The molecule has 41 heavy (non-hydrogen) atoms. The van der Waals surface area contributed by atoms with Crippen molar-refractivity contribution in [3.63, 3.8) is 0 Å². The second-order valence-electron chi connectivity index (χ2n) is 14.7. The van der Waals surface area contributed by atoms with Crippen LogP contribution >= 0.6 is 0 Å². The summed E-state index contributed by atoms with van der Waals surface area (Å²) in [7, 11) is 0. The fourth-order valence-corrected chi connectivity index (χ4v) is 8.95. The lowest BCUT2D eigenvalue weighted by atomic mass is 9.56. The molecule has 2 heterocycles. The molecule has 3 unspecified atom stereocenters. The Labute approximate surface area is 249 Å². The van der Waals surface area contributed by atoms with E-state index in [-0.39, 0.29) is 34.6 Å². The minimum atomic E-state index is -0.409. The molecule has 1 aromatic carbocycles. The SMILES string of the molecule is CCCC(C)[C@]1(c2ccccc2)CC[C@@]2(CCC(C(C)CCC(=O)N3C[C@@H](O)[C@@H](C)C3)C(=O)N2CC2CCC2)CC1. The number of β-amino-alcohol motifs (C(OH)–C–C–N with tert-alkyl or cyclic N) is 1. The van der Waals surface area contributed by atoms with Gasteiger partial charge in [0.2, 0.25) is 11.8 Å². The van der Waals surface area contributed by atoms with Gasteiger partial charge in [-0.3, -0.25) is 9.59 Å². The van der Waals surface area contributed by atoms with Crippen LogP contribution in [0.2, 0.25) is 0 Å². The lowest BCUT2D eigenvalue weighted by molar-refractivity contribution is -0.156. The molecule has 0 aromatic heterocycles. The van der Waals surface area contributed by atoms with Crippen molar-refractivity contribution in [2.75, 3.05) is 19.6 Å². The third-order valence-corrected chi connectivity index (χ3v) is 12.3. The molecule has 2 aliphatic heterocycles. The third kappa shape index (κ3) is 6.12. The van der Waals surface area contributed by atoms with E-state index in [4.69, 9.17) is 0 Å². The second kappa shape index (κ2) is 12.8. The number of aliphatic hydroxyl groups excluding tert-OH is 1. The Morgan fingerprint density at radius 3 is 2.29 bits per heavy atom. The maximum absolute atomic E-state index is 14.4. The number of amides is 2. The Balaban J connectivity index is 1.29. The van der Waals surface area contributed by atoms with E-state index < -0.39 is 6.10 Å². The van der Waals surface area contributed by atoms with E-state index in [9.17, 15) is 14.7 Å². The monoisotopic (exact) mass is 564 g/mol. The van der Waals surface area contributed by atoms with Crippen molar-refractivity contribution < 1.29 is 14.7 Å². The predicted octanol–water partition coefficient (Wildman–Crippen LogP) is 6.97. The third-order valence-electron chi connectivity index (χ3n) is 12.3. The zero-order valence-corrected chi connectivity index (χ0v) is 26.3. The van der Waals surface area contributed by atoms with Gasteiger partial charge in [0.25, 0.3) is 0 Å². The van der Waals surface area contributed by atoms with Crippen LogP contribution in [-0.2, 0) is 15.0 Å². The molecule has 5 nitrogen and oxygen atoms in total. The molecule has 2 aliphatic carbocycles. The van der Waals surface area contributed by atoms with Gasteiger partial charge in [-0.15, -0.1) is 0 Å². The molecule has 0 bridgehead atoms. The van der Waals surface area contributed by atoms with Gasteiger partial charge >= 0.3 is 0 Å². The molecule has 1 aromatic rings. The molecule has 2 saturated carbocycles. The van der Waals surface area contributed by atoms with Crippen LogP contribution in [0.4, 0.5) is 0 Å². The van der Waals surface area contributed by atoms with Gasteiger partial charge in [-0.1, -0.05) is 77.3 Å². The van der Waals surface area contributed by atoms with E-state index in [0.717, 1.165) is 38.6 Å². The lowest BCUT2D eigenvalue weighted by Gasteiger charge is -2.58. The predicted molar refractivity (Wildman–Crippen MR) is 165 cm³/mol. The molecule has 5 heteroatoms. The first kappa shape index (κ1) is 30.6. The average molecular weight is 565 g/mol. The van der Waals surface area contributed by atoms with Crippen molar-refractivity contribution in [3.05, 3.63) is 35.9 Å². The molecule has 2 saturated heterocycles. The number of rotatable bonds is 10. The zero-order chi connectivity index (χ0) is 29.2. The van der Waals surface area contributed by atoms with E-state index in [1.54, 1.807) is 0 Å². The highest BCUT2D eigenvalue weighted by molar-refractivity contribution is 5.81. The van der Waals surface area contributed by atoms with Crippen molar-refractivity contribution in [2.45, 2.75) is 128 Å². The fourth-order valence-electron chi connectivity index (χ4n) is 8.95. The topological polar surface area (TPSA) is 60.9 Å². The second-order valence-corrected chi connectivity index (χ2v) is 14.7. The molecule has 5 atom stereocenters. The smallest absolute Gasteiger partial charge is 0.226 e. The van der Waals surface area contributed by atoms with Crippen LogP contribution in [-0.4, -0.2) is 58.0 Å². The van der Waals surface area contributed by atoms with Crippen LogP contribution in [0.5, 0.6) is 0 Å². The quantitative estimate of drug-likeness (QED) is 0.334. The van der Waals surface area contributed by atoms with E-state index in [2.05, 4.69) is 56.0 Å². The molecule has 4 fully saturated rings. The van der Waals surface area contributed by atoms with Gasteiger partial charge in [0.05, 0.1) is 6.10 Å². The maximum Gasteiger partial charge on any atom is 0.226 e. The van der Waals surface area contributed by atoms with E-state index >= 15 is 0 Å². The van der Waals surface area contributed by atoms with E-state index in [0.29, 0.717) is 37.3 Å². The van der Waals surface area contributed by atoms with Crippen LogP contribution in [0, 0.1) is 29.6 Å². The number of piperidine rings is 1. The van der Waals surface area contributed by atoms with Crippen molar-refractivity contribution >= 4 is 11.8 Å². The van der Waals surface area contributed by atoms with Crippen molar-refractivity contribution in [3.8, 4) is 0 Å². The summed E-state index contributed by atoms with van der Waals surface area (Å²) in [4.78, 5) is 31.5. The first-order valence-electron chi connectivity index (χ1n) is 17.0. The van der Waals surface area contributed by atoms with Gasteiger partial charge in [-0.25, -0.2) is 0 Å². The number of hydrogen-bond donors (Lipinski definition) is 1. The number of nitrogens with zero attached hydrogens (tertiary/aromatic N) is 2. The van der Waals surface area contributed by atoms with Crippen LogP contribution in [0.25, 0.3) is 0 Å². The molecule has 1 N–H and O–H groups in total. The number of benzene rings is 1. The zero-order valence-electron chi connectivity index (χ0n) is 26.3. The summed E-state index contributed by atoms with van der Waals surface area (Å²) in [6.45, 7) is 11.0. The van der Waals surface area contributed by atoms with E-state index in [1.807, 2.05) is 11.8 Å². The van der Waals surface area contributed by atoms with Gasteiger partial charge in [-0.05, 0) is 86.5 Å². The van der Waals surface area contributed by atoms with E-state index in [1.165, 1.54) is 50.5 Å². The Morgan fingerprint density at radius 2 is 1.71 bits per heavy atom. The Bertz CT molecular complexity index is 1020.